The van der Waals surface area contributed by atoms with Crippen molar-refractivity contribution in [1.29, 1.82) is 5.26 Å². The van der Waals surface area contributed by atoms with E-state index < -0.39 is 0 Å². The first-order chi connectivity index (χ1) is 9.08. The lowest BCUT2D eigenvalue weighted by molar-refractivity contribution is 0.102. The van der Waals surface area contributed by atoms with Gasteiger partial charge in [0.25, 0.3) is 5.91 Å². The molecule has 0 saturated heterocycles. The molecular formula is C13H9ClN4O. The lowest BCUT2D eigenvalue weighted by atomic mass is 10.2. The van der Waals surface area contributed by atoms with Gasteiger partial charge in [-0.15, -0.1) is 0 Å². The number of hydrogen-bond donors (Lipinski definition) is 2. The van der Waals surface area contributed by atoms with Crippen LogP contribution in [0.1, 0.15) is 15.9 Å². The maximum atomic E-state index is 12.0. The number of nitriles is 1. The Hall–Kier alpha value is -2.58. The third-order valence-electron chi connectivity index (χ3n) is 2.33. The summed E-state index contributed by atoms with van der Waals surface area (Å²) in [5, 5.41) is 11.6. The lowest BCUT2D eigenvalue weighted by Crippen LogP contribution is -2.12. The van der Waals surface area contributed by atoms with Gasteiger partial charge < -0.3 is 11.1 Å². The number of hydrogen-bond acceptors (Lipinski definition) is 4. The molecule has 1 aromatic heterocycles. The number of nitrogens with two attached hydrogens (primary N) is 1. The largest absolute Gasteiger partial charge is 0.384 e. The van der Waals surface area contributed by atoms with E-state index in [4.69, 9.17) is 22.6 Å². The second-order valence-electron chi connectivity index (χ2n) is 3.75. The molecule has 2 aromatic rings. The SMILES string of the molecule is N#Cc1cccc(NC(=O)c2cc(N)nc(Cl)c2)c1. The summed E-state index contributed by atoms with van der Waals surface area (Å²) >= 11 is 5.73. The molecule has 0 fully saturated rings. The van der Waals surface area contributed by atoms with E-state index >= 15 is 0 Å². The van der Waals surface area contributed by atoms with Crippen LogP contribution < -0.4 is 11.1 Å². The maximum Gasteiger partial charge on any atom is 0.255 e. The van der Waals surface area contributed by atoms with Gasteiger partial charge in [-0.25, -0.2) is 4.98 Å². The molecule has 1 heterocycles. The van der Waals surface area contributed by atoms with Crippen LogP contribution in [0.5, 0.6) is 0 Å². The van der Waals surface area contributed by atoms with E-state index in [0.717, 1.165) is 0 Å². The summed E-state index contributed by atoms with van der Waals surface area (Å²) in [6.07, 6.45) is 0. The topological polar surface area (TPSA) is 91.8 Å². The molecule has 5 nitrogen and oxygen atoms in total. The average Bonchev–Trinajstić information content (AvgIpc) is 2.37. The van der Waals surface area contributed by atoms with Gasteiger partial charge in [0.2, 0.25) is 0 Å². The summed E-state index contributed by atoms with van der Waals surface area (Å²) in [5.74, 6) is -0.200. The number of nitrogens with zero attached hydrogens (tertiary/aromatic N) is 2. The first kappa shape index (κ1) is 12.9. The standard InChI is InChI=1S/C13H9ClN4O/c14-11-5-9(6-12(16)18-11)13(19)17-10-3-1-2-8(4-10)7-15/h1-6H,(H2,16,18)(H,17,19). The van der Waals surface area contributed by atoms with Gasteiger partial charge in [-0.3, -0.25) is 4.79 Å². The normalized spacial score (nSPS) is 9.68. The minimum absolute atomic E-state index is 0.149. The Bertz CT molecular complexity index is 658. The summed E-state index contributed by atoms with van der Waals surface area (Å²) in [5.41, 5.74) is 6.81. The quantitative estimate of drug-likeness (QED) is 0.821. The monoisotopic (exact) mass is 272 g/mol. The minimum Gasteiger partial charge on any atom is -0.384 e. The van der Waals surface area contributed by atoms with Crippen LogP contribution in [0.4, 0.5) is 11.5 Å². The van der Waals surface area contributed by atoms with E-state index in [0.29, 0.717) is 16.8 Å². The first-order valence-corrected chi connectivity index (χ1v) is 5.71. The van der Waals surface area contributed by atoms with Gasteiger partial charge in [0.05, 0.1) is 11.6 Å². The third-order valence-corrected chi connectivity index (χ3v) is 2.52. The predicted molar refractivity (Wildman–Crippen MR) is 72.8 cm³/mol. The van der Waals surface area contributed by atoms with Crippen LogP contribution in [0.2, 0.25) is 5.15 Å². The van der Waals surface area contributed by atoms with Crippen molar-refractivity contribution in [2.75, 3.05) is 11.1 Å². The second-order valence-corrected chi connectivity index (χ2v) is 4.14. The van der Waals surface area contributed by atoms with Crippen molar-refractivity contribution < 1.29 is 4.79 Å². The van der Waals surface area contributed by atoms with Crippen molar-refractivity contribution in [1.82, 2.24) is 4.98 Å². The fourth-order valence-corrected chi connectivity index (χ4v) is 1.73. The van der Waals surface area contributed by atoms with Crippen LogP contribution in [-0.2, 0) is 0 Å². The number of halogens is 1. The lowest BCUT2D eigenvalue weighted by Gasteiger charge is -2.06. The summed E-state index contributed by atoms with van der Waals surface area (Å²) in [4.78, 5) is 15.8. The first-order valence-electron chi connectivity index (χ1n) is 5.33. The van der Waals surface area contributed by atoms with Gasteiger partial charge in [0.1, 0.15) is 11.0 Å². The fourth-order valence-electron chi connectivity index (χ4n) is 1.52. The van der Waals surface area contributed by atoms with Gasteiger partial charge in [0, 0.05) is 11.3 Å². The zero-order valence-corrected chi connectivity index (χ0v) is 10.5. The van der Waals surface area contributed by atoms with Crippen molar-refractivity contribution in [3.63, 3.8) is 0 Å². The molecule has 19 heavy (non-hydrogen) atoms. The molecule has 3 N–H and O–H groups in total. The van der Waals surface area contributed by atoms with E-state index in [-0.39, 0.29) is 16.9 Å². The highest BCUT2D eigenvalue weighted by Crippen LogP contribution is 2.15. The van der Waals surface area contributed by atoms with Gasteiger partial charge in [-0.05, 0) is 30.3 Å². The van der Waals surface area contributed by atoms with Crippen LogP contribution in [0.3, 0.4) is 0 Å². The predicted octanol–water partition coefficient (Wildman–Crippen LogP) is 2.44. The van der Waals surface area contributed by atoms with E-state index in [1.807, 2.05) is 6.07 Å². The molecule has 94 valence electrons. The van der Waals surface area contributed by atoms with Crippen molar-refractivity contribution >= 4 is 29.0 Å². The van der Waals surface area contributed by atoms with Crippen LogP contribution in [0.15, 0.2) is 36.4 Å². The molecule has 0 aliphatic carbocycles. The summed E-state index contributed by atoms with van der Waals surface area (Å²) in [7, 11) is 0. The third kappa shape index (κ3) is 3.21. The number of nitrogen functional groups attached to an aromatic ring is 1. The summed E-state index contributed by atoms with van der Waals surface area (Å²) < 4.78 is 0. The number of rotatable bonds is 2. The van der Waals surface area contributed by atoms with Gasteiger partial charge in [-0.1, -0.05) is 17.7 Å². The highest BCUT2D eigenvalue weighted by molar-refractivity contribution is 6.30. The number of carbonyl (C=O) groups is 1. The number of benzene rings is 1. The number of nitrogens with one attached hydrogen (secondary N) is 1. The van der Waals surface area contributed by atoms with Gasteiger partial charge in [0.15, 0.2) is 0 Å². The fraction of sp³-hybridized carbons (Fsp3) is 0. The molecule has 1 aromatic carbocycles. The van der Waals surface area contributed by atoms with Crippen molar-refractivity contribution in [2.45, 2.75) is 0 Å². The maximum absolute atomic E-state index is 12.0. The minimum atomic E-state index is -0.369. The molecule has 0 saturated carbocycles. The van der Waals surface area contributed by atoms with E-state index in [9.17, 15) is 4.79 Å². The molecule has 2 rings (SSSR count). The molecule has 0 spiro atoms. The molecule has 0 atom stereocenters. The Morgan fingerprint density at radius 3 is 2.84 bits per heavy atom. The Labute approximate surface area is 114 Å². The molecule has 6 heteroatoms. The van der Waals surface area contributed by atoms with Crippen LogP contribution in [-0.4, -0.2) is 10.9 Å². The zero-order chi connectivity index (χ0) is 13.8. The van der Waals surface area contributed by atoms with E-state index in [2.05, 4.69) is 10.3 Å². The Morgan fingerprint density at radius 1 is 1.37 bits per heavy atom. The molecular weight excluding hydrogens is 264 g/mol. The molecule has 1 amide bonds. The van der Waals surface area contributed by atoms with Gasteiger partial charge >= 0.3 is 0 Å². The molecule has 0 aliphatic heterocycles. The Kier molecular flexibility index (Phi) is 3.64. The van der Waals surface area contributed by atoms with E-state index in [1.165, 1.54) is 12.1 Å². The highest BCUT2D eigenvalue weighted by Gasteiger charge is 2.09. The molecule has 0 bridgehead atoms. The molecule has 0 radical (unpaired) electrons. The Balaban J connectivity index is 2.23. The molecule has 0 aliphatic rings. The summed E-state index contributed by atoms with van der Waals surface area (Å²) in [6, 6.07) is 11.4. The number of anilines is 2. The smallest absolute Gasteiger partial charge is 0.255 e. The second kappa shape index (κ2) is 5.38. The van der Waals surface area contributed by atoms with Crippen molar-refractivity contribution in [2.24, 2.45) is 0 Å². The number of aromatic nitrogens is 1. The summed E-state index contributed by atoms with van der Waals surface area (Å²) in [6.45, 7) is 0. The van der Waals surface area contributed by atoms with Crippen LogP contribution in [0.25, 0.3) is 0 Å². The number of pyridine rings is 1. The number of amides is 1. The molecule has 0 unspecified atom stereocenters. The van der Waals surface area contributed by atoms with Crippen LogP contribution in [0, 0.1) is 11.3 Å². The van der Waals surface area contributed by atoms with Crippen molar-refractivity contribution in [3.05, 3.63) is 52.7 Å². The van der Waals surface area contributed by atoms with E-state index in [1.54, 1.807) is 24.3 Å². The zero-order valence-electron chi connectivity index (χ0n) is 9.72. The highest BCUT2D eigenvalue weighted by atomic mass is 35.5. The van der Waals surface area contributed by atoms with Crippen LogP contribution >= 0.6 is 11.6 Å². The van der Waals surface area contributed by atoms with Crippen molar-refractivity contribution in [3.8, 4) is 6.07 Å². The number of carbonyl (C=O) groups excluding carboxylic acids is 1. The van der Waals surface area contributed by atoms with Gasteiger partial charge in [-0.2, -0.15) is 5.26 Å². The Morgan fingerprint density at radius 2 is 2.16 bits per heavy atom. The average molecular weight is 273 g/mol.